The molecular weight excluding hydrogens is 206 g/mol. The number of hydrogen-bond donors (Lipinski definition) is 1. The van der Waals surface area contributed by atoms with Crippen LogP contribution in [0.4, 0.5) is 10.5 Å². The largest absolute Gasteiger partial charge is 0.464 e. The van der Waals surface area contributed by atoms with Crippen LogP contribution in [-0.2, 0) is 0 Å². The van der Waals surface area contributed by atoms with E-state index < -0.39 is 12.0 Å². The van der Waals surface area contributed by atoms with Crippen molar-refractivity contribution in [2.75, 3.05) is 4.90 Å². The molecule has 3 rings (SSSR count). The molecule has 0 saturated carbocycles. The first-order valence-corrected chi connectivity index (χ1v) is 4.79. The third-order valence-electron chi connectivity index (χ3n) is 2.75. The molecule has 1 aliphatic heterocycles. The fourth-order valence-electron chi connectivity index (χ4n) is 2.11. The summed E-state index contributed by atoms with van der Waals surface area (Å²) in [5.41, 5.74) is 0.904. The topological polar surface area (TPSA) is 57.6 Å². The highest BCUT2D eigenvalue weighted by Crippen LogP contribution is 2.36. The molecule has 0 saturated heterocycles. The second-order valence-electron chi connectivity index (χ2n) is 3.60. The van der Waals surface area contributed by atoms with Gasteiger partial charge in [-0.2, -0.15) is 0 Å². The van der Waals surface area contributed by atoms with E-state index in [2.05, 4.69) is 0 Å². The molecule has 0 aromatic heterocycles. The molecule has 0 fully saturated rings. The minimum absolute atomic E-state index is 0.450. The fraction of sp³-hybridized carbons (Fsp3) is 0. The third-order valence-corrected chi connectivity index (χ3v) is 2.75. The number of nitrogens with zero attached hydrogens (tertiary/aromatic N) is 1. The van der Waals surface area contributed by atoms with Gasteiger partial charge in [0.2, 0.25) is 0 Å². The number of amides is 2. The zero-order valence-electron chi connectivity index (χ0n) is 8.18. The molecule has 78 valence electrons. The van der Waals surface area contributed by atoms with Crippen molar-refractivity contribution in [3.05, 3.63) is 42.0 Å². The molecular formula is C12H7NO3. The number of rotatable bonds is 0. The standard InChI is InChI=1S/C12H7NO3/c14-11-8-5-1-3-7-4-2-6-9(10(7)8)13(11)12(15)16/h1-6H,(H,15,16). The molecule has 0 aliphatic carbocycles. The summed E-state index contributed by atoms with van der Waals surface area (Å²) in [5.74, 6) is -0.473. The van der Waals surface area contributed by atoms with E-state index in [0.717, 1.165) is 15.7 Å². The van der Waals surface area contributed by atoms with Crippen LogP contribution in [0.2, 0.25) is 0 Å². The van der Waals surface area contributed by atoms with E-state index in [4.69, 9.17) is 5.11 Å². The van der Waals surface area contributed by atoms with E-state index in [1.165, 1.54) is 0 Å². The highest BCUT2D eigenvalue weighted by atomic mass is 16.4. The Morgan fingerprint density at radius 2 is 1.81 bits per heavy atom. The van der Waals surface area contributed by atoms with Crippen molar-refractivity contribution in [2.24, 2.45) is 0 Å². The second kappa shape index (κ2) is 2.82. The molecule has 4 heteroatoms. The lowest BCUT2D eigenvalue weighted by Gasteiger charge is -2.10. The lowest BCUT2D eigenvalue weighted by atomic mass is 10.1. The summed E-state index contributed by atoms with van der Waals surface area (Å²) in [7, 11) is 0. The van der Waals surface area contributed by atoms with Gasteiger partial charge in [0.15, 0.2) is 0 Å². The Morgan fingerprint density at radius 3 is 2.50 bits per heavy atom. The van der Waals surface area contributed by atoms with Crippen LogP contribution in [0.25, 0.3) is 10.8 Å². The summed E-state index contributed by atoms with van der Waals surface area (Å²) in [4.78, 5) is 23.7. The van der Waals surface area contributed by atoms with Crippen LogP contribution >= 0.6 is 0 Å². The zero-order chi connectivity index (χ0) is 11.3. The number of anilines is 1. The Bertz CT molecular complexity index is 628. The van der Waals surface area contributed by atoms with Crippen LogP contribution < -0.4 is 4.90 Å². The first kappa shape index (κ1) is 8.91. The average Bonchev–Trinajstić information content (AvgIpc) is 2.55. The Kier molecular flexibility index (Phi) is 1.57. The van der Waals surface area contributed by atoms with Crippen LogP contribution in [0.1, 0.15) is 10.4 Å². The lowest BCUT2D eigenvalue weighted by molar-refractivity contribution is 0.0989. The van der Waals surface area contributed by atoms with Gasteiger partial charge in [0.25, 0.3) is 5.91 Å². The highest BCUT2D eigenvalue weighted by Gasteiger charge is 2.33. The number of benzene rings is 2. The molecule has 2 amide bonds. The quantitative estimate of drug-likeness (QED) is 0.731. The monoisotopic (exact) mass is 213 g/mol. The summed E-state index contributed by atoms with van der Waals surface area (Å²) in [6.45, 7) is 0. The summed E-state index contributed by atoms with van der Waals surface area (Å²) in [6.07, 6.45) is -1.24. The van der Waals surface area contributed by atoms with Crippen LogP contribution in [-0.4, -0.2) is 17.1 Å². The zero-order valence-corrected chi connectivity index (χ0v) is 8.18. The van der Waals surface area contributed by atoms with Gasteiger partial charge in [0, 0.05) is 5.39 Å². The van der Waals surface area contributed by atoms with Crippen LogP contribution in [0.3, 0.4) is 0 Å². The molecule has 1 aliphatic rings. The van der Waals surface area contributed by atoms with Crippen LogP contribution in [0, 0.1) is 0 Å². The molecule has 0 spiro atoms. The highest BCUT2D eigenvalue weighted by molar-refractivity contribution is 6.32. The van der Waals surface area contributed by atoms with Crippen molar-refractivity contribution in [1.82, 2.24) is 0 Å². The average molecular weight is 213 g/mol. The molecule has 0 radical (unpaired) electrons. The van der Waals surface area contributed by atoms with Crippen molar-refractivity contribution in [2.45, 2.75) is 0 Å². The summed E-state index contributed by atoms with van der Waals surface area (Å²) in [5, 5.41) is 10.6. The molecule has 4 nitrogen and oxygen atoms in total. The van der Waals surface area contributed by atoms with Crippen LogP contribution in [0.15, 0.2) is 36.4 Å². The van der Waals surface area contributed by atoms with Gasteiger partial charge in [-0.3, -0.25) is 4.79 Å². The number of hydrogen-bond acceptors (Lipinski definition) is 2. The van der Waals surface area contributed by atoms with Crippen molar-refractivity contribution in [3.8, 4) is 0 Å². The molecule has 16 heavy (non-hydrogen) atoms. The molecule has 1 heterocycles. The summed E-state index contributed by atoms with van der Waals surface area (Å²) >= 11 is 0. The Hall–Kier alpha value is -2.36. The first-order valence-electron chi connectivity index (χ1n) is 4.79. The van der Waals surface area contributed by atoms with E-state index in [1.807, 2.05) is 12.1 Å². The smallest absolute Gasteiger partial charge is 0.419 e. The Morgan fingerprint density at radius 1 is 1.12 bits per heavy atom. The van der Waals surface area contributed by atoms with Gasteiger partial charge in [-0.05, 0) is 17.5 Å². The number of carbonyl (C=O) groups is 2. The Balaban J connectivity index is 2.44. The van der Waals surface area contributed by atoms with E-state index >= 15 is 0 Å². The minimum Gasteiger partial charge on any atom is -0.464 e. The summed E-state index contributed by atoms with van der Waals surface area (Å²) in [6, 6.07) is 10.5. The van der Waals surface area contributed by atoms with Gasteiger partial charge in [0.05, 0.1) is 11.3 Å². The number of carboxylic acid groups (broad SMARTS) is 1. The maximum atomic E-state index is 11.9. The lowest BCUT2D eigenvalue weighted by Crippen LogP contribution is -2.32. The van der Waals surface area contributed by atoms with Crippen molar-refractivity contribution < 1.29 is 14.7 Å². The van der Waals surface area contributed by atoms with Gasteiger partial charge in [-0.25, -0.2) is 9.69 Å². The van der Waals surface area contributed by atoms with E-state index in [0.29, 0.717) is 11.3 Å². The van der Waals surface area contributed by atoms with Crippen LogP contribution in [0.5, 0.6) is 0 Å². The van der Waals surface area contributed by atoms with Gasteiger partial charge in [-0.15, -0.1) is 0 Å². The predicted octanol–water partition coefficient (Wildman–Crippen LogP) is 2.48. The van der Waals surface area contributed by atoms with Gasteiger partial charge >= 0.3 is 6.09 Å². The predicted molar refractivity (Wildman–Crippen MR) is 58.8 cm³/mol. The fourth-order valence-corrected chi connectivity index (χ4v) is 2.11. The first-order chi connectivity index (χ1) is 7.70. The van der Waals surface area contributed by atoms with Gasteiger partial charge < -0.3 is 5.11 Å². The SMILES string of the molecule is O=C(O)N1C(=O)c2cccc3cccc1c23. The maximum absolute atomic E-state index is 11.9. The molecule has 0 bridgehead atoms. The van der Waals surface area contributed by atoms with Gasteiger partial charge in [-0.1, -0.05) is 24.3 Å². The van der Waals surface area contributed by atoms with E-state index in [1.54, 1.807) is 24.3 Å². The molecule has 0 unspecified atom stereocenters. The van der Waals surface area contributed by atoms with Crippen molar-refractivity contribution in [3.63, 3.8) is 0 Å². The van der Waals surface area contributed by atoms with Crippen molar-refractivity contribution >= 4 is 28.5 Å². The molecule has 2 aromatic carbocycles. The van der Waals surface area contributed by atoms with E-state index in [9.17, 15) is 9.59 Å². The van der Waals surface area contributed by atoms with Crippen molar-refractivity contribution in [1.29, 1.82) is 0 Å². The number of imide groups is 1. The van der Waals surface area contributed by atoms with Gasteiger partial charge in [0.1, 0.15) is 0 Å². The van der Waals surface area contributed by atoms with E-state index in [-0.39, 0.29) is 0 Å². The molecule has 2 aromatic rings. The minimum atomic E-state index is -1.24. The summed E-state index contributed by atoms with van der Waals surface area (Å²) < 4.78 is 0. The normalized spacial score (nSPS) is 13.5. The molecule has 1 N–H and O–H groups in total. The molecule has 0 atom stereocenters. The second-order valence-corrected chi connectivity index (χ2v) is 3.60. The Labute approximate surface area is 90.7 Å². The number of carbonyl (C=O) groups excluding carboxylic acids is 1. The maximum Gasteiger partial charge on any atom is 0.419 e. The third kappa shape index (κ3) is 0.930.